The van der Waals surface area contributed by atoms with Crippen LogP contribution >= 0.6 is 0 Å². The molecule has 1 aromatic carbocycles. The van der Waals surface area contributed by atoms with E-state index in [0.717, 1.165) is 12.1 Å². The average molecular weight is 301 g/mol. The van der Waals surface area contributed by atoms with Crippen molar-refractivity contribution >= 4 is 17.7 Å². The Morgan fingerprint density at radius 2 is 1.71 bits per heavy atom. The first-order valence-corrected chi connectivity index (χ1v) is 6.30. The zero-order valence-corrected chi connectivity index (χ0v) is 12.3. The van der Waals surface area contributed by atoms with E-state index in [1.54, 1.807) is 20.8 Å². The van der Waals surface area contributed by atoms with Gasteiger partial charge in [0.15, 0.2) is 0 Å². The molecule has 0 saturated heterocycles. The normalized spacial score (nSPS) is 11.0. The second-order valence-electron chi connectivity index (χ2n) is 5.16. The summed E-state index contributed by atoms with van der Waals surface area (Å²) in [4.78, 5) is 22.9. The van der Waals surface area contributed by atoms with Gasteiger partial charge >= 0.3 is 12.1 Å². The lowest BCUT2D eigenvalue weighted by molar-refractivity contribution is 0.0515. The van der Waals surface area contributed by atoms with Crippen molar-refractivity contribution in [3.63, 3.8) is 0 Å². The van der Waals surface area contributed by atoms with Crippen molar-refractivity contribution in [2.75, 3.05) is 11.9 Å². The van der Waals surface area contributed by atoms with Crippen LogP contribution in [0.2, 0.25) is 0 Å². The summed E-state index contributed by atoms with van der Waals surface area (Å²) < 4.78 is 37.0. The average Bonchev–Trinajstić information content (AvgIpc) is 2.24. The molecule has 0 aromatic heterocycles. The van der Waals surface area contributed by atoms with Gasteiger partial charge in [0.05, 0.1) is 6.61 Å². The number of halogens is 2. The van der Waals surface area contributed by atoms with Gasteiger partial charge in [0.2, 0.25) is 0 Å². The van der Waals surface area contributed by atoms with E-state index in [0.29, 0.717) is 0 Å². The molecule has 1 rings (SSSR count). The van der Waals surface area contributed by atoms with Crippen molar-refractivity contribution in [1.29, 1.82) is 0 Å². The van der Waals surface area contributed by atoms with Gasteiger partial charge in [-0.2, -0.15) is 0 Å². The standard InChI is InChI=1S/C14H17F2NO4/c1-5-20-12(18)11-9(15)6-8(7-10(11)16)17-13(19)21-14(2,3)4/h6-7H,5H2,1-4H3,(H,17,19). The molecule has 0 unspecified atom stereocenters. The molecule has 7 heteroatoms. The Labute approximate surface area is 121 Å². The number of anilines is 1. The van der Waals surface area contributed by atoms with Gasteiger partial charge in [-0.15, -0.1) is 0 Å². The number of esters is 1. The molecule has 5 nitrogen and oxygen atoms in total. The molecule has 1 aromatic rings. The number of rotatable bonds is 3. The molecular weight excluding hydrogens is 284 g/mol. The van der Waals surface area contributed by atoms with Crippen molar-refractivity contribution in [2.45, 2.75) is 33.3 Å². The van der Waals surface area contributed by atoms with E-state index in [1.807, 2.05) is 0 Å². The number of amides is 1. The molecule has 0 aliphatic carbocycles. The molecular formula is C14H17F2NO4. The first-order valence-electron chi connectivity index (χ1n) is 6.30. The molecule has 1 amide bonds. The molecule has 0 aliphatic heterocycles. The van der Waals surface area contributed by atoms with Crippen molar-refractivity contribution in [1.82, 2.24) is 0 Å². The highest BCUT2D eigenvalue weighted by Crippen LogP contribution is 2.20. The van der Waals surface area contributed by atoms with E-state index in [4.69, 9.17) is 4.74 Å². The highest BCUT2D eigenvalue weighted by molar-refractivity contribution is 5.91. The van der Waals surface area contributed by atoms with Crippen molar-refractivity contribution < 1.29 is 27.8 Å². The molecule has 0 spiro atoms. The first-order chi connectivity index (χ1) is 9.64. The zero-order valence-electron chi connectivity index (χ0n) is 12.3. The van der Waals surface area contributed by atoms with E-state index in [-0.39, 0.29) is 12.3 Å². The molecule has 0 aliphatic rings. The first kappa shape index (κ1) is 16.9. The quantitative estimate of drug-likeness (QED) is 0.868. The summed E-state index contributed by atoms with van der Waals surface area (Å²) >= 11 is 0. The van der Waals surface area contributed by atoms with Crippen LogP contribution < -0.4 is 5.32 Å². The number of hydrogen-bond acceptors (Lipinski definition) is 4. The van der Waals surface area contributed by atoms with E-state index in [2.05, 4.69) is 10.1 Å². The molecule has 0 fully saturated rings. The van der Waals surface area contributed by atoms with Crippen LogP contribution in [0.1, 0.15) is 38.1 Å². The minimum absolute atomic E-state index is 0.00434. The Kier molecular flexibility index (Phi) is 5.23. The molecule has 0 bridgehead atoms. The van der Waals surface area contributed by atoms with Gasteiger partial charge in [-0.1, -0.05) is 0 Å². The molecule has 0 atom stereocenters. The van der Waals surface area contributed by atoms with Crippen LogP contribution in [0.3, 0.4) is 0 Å². The fourth-order valence-corrected chi connectivity index (χ4v) is 1.47. The fraction of sp³-hybridized carbons (Fsp3) is 0.429. The summed E-state index contributed by atoms with van der Waals surface area (Å²) in [6.07, 6.45) is -0.856. The second-order valence-corrected chi connectivity index (χ2v) is 5.16. The predicted molar refractivity (Wildman–Crippen MR) is 72.2 cm³/mol. The summed E-state index contributed by atoms with van der Waals surface area (Å²) in [5, 5.41) is 2.18. The third-order valence-electron chi connectivity index (χ3n) is 2.17. The Balaban J connectivity index is 2.93. The summed E-state index contributed by atoms with van der Waals surface area (Å²) in [7, 11) is 0. The maximum absolute atomic E-state index is 13.7. The molecule has 0 radical (unpaired) electrons. The van der Waals surface area contributed by atoms with Crippen LogP contribution in [0.25, 0.3) is 0 Å². The summed E-state index contributed by atoms with van der Waals surface area (Å²) in [5.41, 5.74) is -1.70. The van der Waals surface area contributed by atoms with Gasteiger partial charge in [0, 0.05) is 5.69 Å². The molecule has 1 N–H and O–H groups in total. The molecule has 21 heavy (non-hydrogen) atoms. The van der Waals surface area contributed by atoms with Gasteiger partial charge < -0.3 is 9.47 Å². The lowest BCUT2D eigenvalue weighted by atomic mass is 10.1. The highest BCUT2D eigenvalue weighted by Gasteiger charge is 2.21. The maximum atomic E-state index is 13.7. The smallest absolute Gasteiger partial charge is 0.412 e. The van der Waals surface area contributed by atoms with Crippen LogP contribution in [-0.4, -0.2) is 24.3 Å². The minimum Gasteiger partial charge on any atom is -0.462 e. The summed E-state index contributed by atoms with van der Waals surface area (Å²) in [6.45, 7) is 6.47. The molecule has 0 heterocycles. The van der Waals surface area contributed by atoms with Crippen LogP contribution in [0.15, 0.2) is 12.1 Å². The van der Waals surface area contributed by atoms with Gasteiger partial charge in [0.1, 0.15) is 22.8 Å². The van der Waals surface area contributed by atoms with Crippen LogP contribution in [0.5, 0.6) is 0 Å². The zero-order chi connectivity index (χ0) is 16.2. The topological polar surface area (TPSA) is 64.6 Å². The molecule has 0 saturated carbocycles. The van der Waals surface area contributed by atoms with Crippen molar-refractivity contribution in [2.24, 2.45) is 0 Å². The number of carbonyl (C=O) groups excluding carboxylic acids is 2. The molecule has 116 valence electrons. The summed E-state index contributed by atoms with van der Waals surface area (Å²) in [6, 6.07) is 1.64. The van der Waals surface area contributed by atoms with Crippen LogP contribution in [0, 0.1) is 11.6 Å². The van der Waals surface area contributed by atoms with Gasteiger partial charge in [-0.05, 0) is 39.8 Å². The number of carbonyl (C=O) groups is 2. The largest absolute Gasteiger partial charge is 0.462 e. The Bertz CT molecular complexity index is 529. The second kappa shape index (κ2) is 6.51. The summed E-state index contributed by atoms with van der Waals surface area (Å²) in [5.74, 6) is -3.35. The van der Waals surface area contributed by atoms with E-state index in [9.17, 15) is 18.4 Å². The number of benzene rings is 1. The third-order valence-corrected chi connectivity index (χ3v) is 2.17. The highest BCUT2D eigenvalue weighted by atomic mass is 19.1. The maximum Gasteiger partial charge on any atom is 0.412 e. The Morgan fingerprint density at radius 1 is 1.19 bits per heavy atom. The third kappa shape index (κ3) is 5.02. The predicted octanol–water partition coefficient (Wildman–Crippen LogP) is 3.49. The van der Waals surface area contributed by atoms with Crippen molar-refractivity contribution in [3.05, 3.63) is 29.3 Å². The Hall–Kier alpha value is -2.18. The van der Waals surface area contributed by atoms with Crippen molar-refractivity contribution in [3.8, 4) is 0 Å². The van der Waals surface area contributed by atoms with Gasteiger partial charge in [0.25, 0.3) is 0 Å². The lowest BCUT2D eigenvalue weighted by Crippen LogP contribution is -2.27. The van der Waals surface area contributed by atoms with E-state index in [1.165, 1.54) is 6.92 Å². The van der Waals surface area contributed by atoms with Gasteiger partial charge in [-0.25, -0.2) is 18.4 Å². The number of ether oxygens (including phenoxy) is 2. The van der Waals surface area contributed by atoms with Gasteiger partial charge in [-0.3, -0.25) is 5.32 Å². The van der Waals surface area contributed by atoms with E-state index >= 15 is 0 Å². The minimum atomic E-state index is -1.13. The fourth-order valence-electron chi connectivity index (χ4n) is 1.47. The Morgan fingerprint density at radius 3 is 2.14 bits per heavy atom. The SMILES string of the molecule is CCOC(=O)c1c(F)cc(NC(=O)OC(C)(C)C)cc1F. The number of nitrogens with one attached hydrogen (secondary N) is 1. The lowest BCUT2D eigenvalue weighted by Gasteiger charge is -2.19. The van der Waals surface area contributed by atoms with E-state index < -0.39 is 34.9 Å². The van der Waals surface area contributed by atoms with Crippen LogP contribution in [0.4, 0.5) is 19.3 Å². The number of hydrogen-bond donors (Lipinski definition) is 1. The van der Waals surface area contributed by atoms with Crippen LogP contribution in [-0.2, 0) is 9.47 Å². The monoisotopic (exact) mass is 301 g/mol.